The molecule has 1 aromatic heterocycles. The van der Waals surface area contributed by atoms with Gasteiger partial charge in [-0.25, -0.2) is 0 Å². The van der Waals surface area contributed by atoms with E-state index in [0.717, 1.165) is 12.8 Å². The topological polar surface area (TPSA) is 50.4 Å². The maximum absolute atomic E-state index is 12.1. The Balaban J connectivity index is 1.74. The van der Waals surface area contributed by atoms with Crippen LogP contribution in [0.1, 0.15) is 23.3 Å². The van der Waals surface area contributed by atoms with Crippen molar-refractivity contribution in [1.29, 1.82) is 0 Å². The fourth-order valence-corrected chi connectivity index (χ4v) is 2.59. The summed E-state index contributed by atoms with van der Waals surface area (Å²) in [7, 11) is 0. The smallest absolute Gasteiger partial charge is 0.196 e. The number of rotatable bonds is 4. The minimum Gasteiger partial charge on any atom is -0.507 e. The lowest BCUT2D eigenvalue weighted by Crippen LogP contribution is -2.03. The Morgan fingerprint density at radius 3 is 2.59 bits per heavy atom. The highest BCUT2D eigenvalue weighted by Gasteiger charge is 2.08. The minimum absolute atomic E-state index is 0.0301. The van der Waals surface area contributed by atoms with E-state index in [1.165, 1.54) is 23.3 Å². The fourth-order valence-electron chi connectivity index (χ4n) is 2.59. The van der Waals surface area contributed by atoms with E-state index >= 15 is 0 Å². The number of phenols is 1. The predicted octanol–water partition coefficient (Wildman–Crippen LogP) is 3.98. The summed E-state index contributed by atoms with van der Waals surface area (Å²) in [5, 5.41) is 9.98. The molecule has 2 aromatic carbocycles. The van der Waals surface area contributed by atoms with Crippen molar-refractivity contribution < 1.29 is 9.52 Å². The Kier molecular flexibility index (Phi) is 3.96. The molecule has 3 heteroatoms. The van der Waals surface area contributed by atoms with Crippen LogP contribution in [0.5, 0.6) is 5.75 Å². The van der Waals surface area contributed by atoms with Gasteiger partial charge < -0.3 is 9.52 Å². The largest absolute Gasteiger partial charge is 0.507 e. The lowest BCUT2D eigenvalue weighted by Gasteiger charge is -2.05. The van der Waals surface area contributed by atoms with Crippen molar-refractivity contribution in [2.45, 2.75) is 26.2 Å². The van der Waals surface area contributed by atoms with Crippen molar-refractivity contribution in [2.24, 2.45) is 0 Å². The first-order valence-corrected chi connectivity index (χ1v) is 7.44. The van der Waals surface area contributed by atoms with E-state index in [2.05, 4.69) is 31.2 Å². The minimum atomic E-state index is -0.190. The maximum atomic E-state index is 12.1. The number of hydrogen-bond acceptors (Lipinski definition) is 3. The van der Waals surface area contributed by atoms with Gasteiger partial charge in [0.2, 0.25) is 0 Å². The summed E-state index contributed by atoms with van der Waals surface area (Å²) in [6.07, 6.45) is 2.56. The van der Waals surface area contributed by atoms with Crippen LogP contribution in [-0.2, 0) is 12.8 Å². The second-order valence-corrected chi connectivity index (χ2v) is 5.57. The Morgan fingerprint density at radius 2 is 1.82 bits per heavy atom. The second-order valence-electron chi connectivity index (χ2n) is 5.57. The summed E-state index contributed by atoms with van der Waals surface area (Å²) in [5.41, 5.74) is 2.79. The van der Waals surface area contributed by atoms with Gasteiger partial charge in [-0.2, -0.15) is 0 Å². The molecule has 3 rings (SSSR count). The van der Waals surface area contributed by atoms with E-state index in [1.54, 1.807) is 12.1 Å². The number of aromatic hydroxyl groups is 1. The van der Waals surface area contributed by atoms with Crippen LogP contribution in [0.15, 0.2) is 57.7 Å². The van der Waals surface area contributed by atoms with Gasteiger partial charge >= 0.3 is 0 Å². The summed E-state index contributed by atoms with van der Waals surface area (Å²) in [5.74, 6) is 0.632. The van der Waals surface area contributed by atoms with Crippen LogP contribution >= 0.6 is 0 Å². The van der Waals surface area contributed by atoms with E-state index in [1.807, 2.05) is 0 Å². The van der Waals surface area contributed by atoms with Gasteiger partial charge in [0.05, 0.1) is 0 Å². The average Bonchev–Trinajstić information content (AvgIpc) is 2.49. The molecule has 0 unspecified atom stereocenters. The zero-order valence-corrected chi connectivity index (χ0v) is 12.5. The Morgan fingerprint density at radius 1 is 1.05 bits per heavy atom. The van der Waals surface area contributed by atoms with Crippen molar-refractivity contribution in [1.82, 2.24) is 0 Å². The normalized spacial score (nSPS) is 11.0. The molecule has 0 amide bonds. The van der Waals surface area contributed by atoms with Crippen molar-refractivity contribution in [2.75, 3.05) is 0 Å². The van der Waals surface area contributed by atoms with Crippen LogP contribution in [0, 0.1) is 6.92 Å². The maximum Gasteiger partial charge on any atom is 0.196 e. The van der Waals surface area contributed by atoms with Gasteiger partial charge in [0.15, 0.2) is 5.43 Å². The third kappa shape index (κ3) is 3.03. The fraction of sp³-hybridized carbons (Fsp3) is 0.211. The average molecular weight is 294 g/mol. The van der Waals surface area contributed by atoms with Crippen molar-refractivity contribution >= 4 is 11.0 Å². The number of phenolic OH excluding ortho intramolecular Hbond substituents is 1. The lowest BCUT2D eigenvalue weighted by atomic mass is 10.1. The molecule has 0 aliphatic rings. The van der Waals surface area contributed by atoms with E-state index in [0.29, 0.717) is 17.8 Å². The number of fused-ring (bicyclic) bond motifs is 1. The molecule has 0 radical (unpaired) electrons. The first-order chi connectivity index (χ1) is 10.6. The van der Waals surface area contributed by atoms with Crippen LogP contribution in [-0.4, -0.2) is 5.11 Å². The van der Waals surface area contributed by atoms with E-state index < -0.39 is 0 Å². The summed E-state index contributed by atoms with van der Waals surface area (Å²) < 4.78 is 5.72. The highest BCUT2D eigenvalue weighted by atomic mass is 16.3. The van der Waals surface area contributed by atoms with Crippen LogP contribution in [0.25, 0.3) is 11.0 Å². The lowest BCUT2D eigenvalue weighted by molar-refractivity contribution is 0.477. The molecular formula is C19H18O3. The van der Waals surface area contributed by atoms with Gasteiger partial charge in [0.25, 0.3) is 0 Å². The SMILES string of the molecule is Cc1ccc(CCCc2cc(=O)c3c(O)cccc3o2)cc1. The van der Waals surface area contributed by atoms with Gasteiger partial charge in [-0.05, 0) is 37.5 Å². The van der Waals surface area contributed by atoms with E-state index in [4.69, 9.17) is 4.42 Å². The first-order valence-electron chi connectivity index (χ1n) is 7.44. The third-order valence-corrected chi connectivity index (χ3v) is 3.79. The summed E-state index contributed by atoms with van der Waals surface area (Å²) in [6, 6.07) is 14.8. The van der Waals surface area contributed by atoms with Gasteiger partial charge in [-0.15, -0.1) is 0 Å². The molecule has 1 heterocycles. The van der Waals surface area contributed by atoms with Crippen LogP contribution in [0.4, 0.5) is 0 Å². The molecule has 0 atom stereocenters. The summed E-state index contributed by atoms with van der Waals surface area (Å²) in [4.78, 5) is 12.1. The second kappa shape index (κ2) is 6.06. The monoisotopic (exact) mass is 294 g/mol. The molecule has 0 saturated carbocycles. The van der Waals surface area contributed by atoms with Gasteiger partial charge in [0.1, 0.15) is 22.5 Å². The van der Waals surface area contributed by atoms with Crippen LogP contribution in [0.2, 0.25) is 0 Å². The third-order valence-electron chi connectivity index (χ3n) is 3.79. The number of benzene rings is 2. The molecule has 0 fully saturated rings. The molecule has 22 heavy (non-hydrogen) atoms. The molecule has 0 aliphatic heterocycles. The Hall–Kier alpha value is -2.55. The first kappa shape index (κ1) is 14.4. The van der Waals surface area contributed by atoms with E-state index in [9.17, 15) is 9.90 Å². The molecule has 0 spiro atoms. The summed E-state index contributed by atoms with van der Waals surface area (Å²) >= 11 is 0. The Bertz CT molecular complexity index is 845. The van der Waals surface area contributed by atoms with Crippen molar-refractivity contribution in [3.63, 3.8) is 0 Å². The molecular weight excluding hydrogens is 276 g/mol. The predicted molar refractivity (Wildman–Crippen MR) is 87.4 cm³/mol. The quantitative estimate of drug-likeness (QED) is 0.791. The highest BCUT2D eigenvalue weighted by Crippen LogP contribution is 2.22. The van der Waals surface area contributed by atoms with Crippen LogP contribution < -0.4 is 5.43 Å². The van der Waals surface area contributed by atoms with Gasteiger partial charge in [-0.1, -0.05) is 35.9 Å². The number of aryl methyl sites for hydroxylation is 3. The van der Waals surface area contributed by atoms with Crippen LogP contribution in [0.3, 0.4) is 0 Å². The summed E-state index contributed by atoms with van der Waals surface area (Å²) in [6.45, 7) is 2.07. The molecule has 3 aromatic rings. The number of hydrogen-bond donors (Lipinski definition) is 1. The zero-order chi connectivity index (χ0) is 15.5. The molecule has 3 nitrogen and oxygen atoms in total. The van der Waals surface area contributed by atoms with Gasteiger partial charge in [-0.3, -0.25) is 4.79 Å². The standard InChI is InChI=1S/C19H18O3/c1-13-8-10-14(11-9-13)4-2-5-15-12-17(21)19-16(20)6-3-7-18(19)22-15/h3,6-12,20H,2,4-5H2,1H3. The van der Waals surface area contributed by atoms with Crippen molar-refractivity contribution in [3.8, 4) is 5.75 Å². The molecule has 112 valence electrons. The molecule has 0 bridgehead atoms. The Labute approximate surface area is 128 Å². The molecule has 0 saturated heterocycles. The molecule has 0 aliphatic carbocycles. The van der Waals surface area contributed by atoms with E-state index in [-0.39, 0.29) is 16.6 Å². The van der Waals surface area contributed by atoms with Crippen molar-refractivity contribution in [3.05, 3.63) is 75.6 Å². The zero-order valence-electron chi connectivity index (χ0n) is 12.5. The van der Waals surface area contributed by atoms with Gasteiger partial charge in [0, 0.05) is 12.5 Å². The molecule has 1 N–H and O–H groups in total. The highest BCUT2D eigenvalue weighted by molar-refractivity contribution is 5.82.